The van der Waals surface area contributed by atoms with Gasteiger partial charge in [0.05, 0.1) is 11.8 Å². The Hall–Kier alpha value is -1.10. The molecule has 0 radical (unpaired) electrons. The maximum atomic E-state index is 11.8. The standard InChI is InChI=1S/C12H22N2O3/c1-4-13-6-5-7-14-10(15)8-9(11(16)17)12(8,2)3/h8-9,13H,4-7H2,1-3H3,(H,14,15)(H,16,17). The molecule has 5 heteroatoms. The van der Waals surface area contributed by atoms with E-state index in [0.717, 1.165) is 19.5 Å². The lowest BCUT2D eigenvalue weighted by atomic mass is 10.1. The van der Waals surface area contributed by atoms with Crippen LogP contribution >= 0.6 is 0 Å². The van der Waals surface area contributed by atoms with Crippen molar-refractivity contribution in [2.75, 3.05) is 19.6 Å². The van der Waals surface area contributed by atoms with Gasteiger partial charge in [0.2, 0.25) is 5.91 Å². The Morgan fingerprint density at radius 2 is 1.88 bits per heavy atom. The van der Waals surface area contributed by atoms with Crippen LogP contribution in [0.1, 0.15) is 27.2 Å². The second kappa shape index (κ2) is 5.49. The highest BCUT2D eigenvalue weighted by Gasteiger charge is 2.65. The molecule has 3 N–H and O–H groups in total. The molecule has 0 aromatic carbocycles. The zero-order valence-electron chi connectivity index (χ0n) is 10.7. The second-order valence-electron chi connectivity index (χ2n) is 5.11. The quantitative estimate of drug-likeness (QED) is 0.567. The fourth-order valence-electron chi connectivity index (χ4n) is 2.30. The van der Waals surface area contributed by atoms with Crippen molar-refractivity contribution >= 4 is 11.9 Å². The minimum Gasteiger partial charge on any atom is -0.481 e. The molecule has 0 aromatic rings. The molecule has 2 atom stereocenters. The van der Waals surface area contributed by atoms with Crippen LogP contribution in [0.4, 0.5) is 0 Å². The summed E-state index contributed by atoms with van der Waals surface area (Å²) in [5.41, 5.74) is -0.405. The van der Waals surface area contributed by atoms with Gasteiger partial charge in [-0.2, -0.15) is 0 Å². The van der Waals surface area contributed by atoms with E-state index in [4.69, 9.17) is 5.11 Å². The fourth-order valence-corrected chi connectivity index (χ4v) is 2.30. The molecule has 98 valence electrons. The van der Waals surface area contributed by atoms with Crippen LogP contribution in [0.25, 0.3) is 0 Å². The molecule has 0 saturated heterocycles. The number of carboxylic acids is 1. The van der Waals surface area contributed by atoms with Crippen molar-refractivity contribution in [1.82, 2.24) is 10.6 Å². The average Bonchev–Trinajstić information content (AvgIpc) is 2.81. The number of carbonyl (C=O) groups excluding carboxylic acids is 1. The number of carbonyl (C=O) groups is 2. The summed E-state index contributed by atoms with van der Waals surface area (Å²) < 4.78 is 0. The summed E-state index contributed by atoms with van der Waals surface area (Å²) in [7, 11) is 0. The first kappa shape index (κ1) is 14.0. The van der Waals surface area contributed by atoms with Crippen molar-refractivity contribution in [3.8, 4) is 0 Å². The summed E-state index contributed by atoms with van der Waals surface area (Å²) in [5, 5.41) is 14.9. The first-order valence-corrected chi connectivity index (χ1v) is 6.14. The van der Waals surface area contributed by atoms with Crippen LogP contribution in [0.5, 0.6) is 0 Å². The van der Waals surface area contributed by atoms with E-state index in [1.54, 1.807) is 0 Å². The number of carboxylic acid groups (broad SMARTS) is 1. The third-order valence-electron chi connectivity index (χ3n) is 3.46. The minimum absolute atomic E-state index is 0.126. The van der Waals surface area contributed by atoms with Crippen LogP contribution in [0.3, 0.4) is 0 Å². The molecule has 5 nitrogen and oxygen atoms in total. The van der Waals surface area contributed by atoms with Crippen LogP contribution in [-0.4, -0.2) is 36.6 Å². The summed E-state index contributed by atoms with van der Waals surface area (Å²) >= 11 is 0. The third kappa shape index (κ3) is 3.19. The lowest BCUT2D eigenvalue weighted by Gasteiger charge is -2.06. The van der Waals surface area contributed by atoms with Crippen molar-refractivity contribution in [2.24, 2.45) is 17.3 Å². The number of hydrogen-bond donors (Lipinski definition) is 3. The predicted molar refractivity (Wildman–Crippen MR) is 64.6 cm³/mol. The molecule has 1 aliphatic carbocycles. The Balaban J connectivity index is 2.28. The van der Waals surface area contributed by atoms with Crippen molar-refractivity contribution in [1.29, 1.82) is 0 Å². The maximum absolute atomic E-state index is 11.8. The van der Waals surface area contributed by atoms with E-state index in [-0.39, 0.29) is 11.8 Å². The summed E-state index contributed by atoms with van der Waals surface area (Å²) in [5.74, 6) is -1.91. The summed E-state index contributed by atoms with van der Waals surface area (Å²) in [6.45, 7) is 8.08. The lowest BCUT2D eigenvalue weighted by molar-refractivity contribution is -0.140. The van der Waals surface area contributed by atoms with E-state index in [9.17, 15) is 9.59 Å². The van der Waals surface area contributed by atoms with Crippen LogP contribution < -0.4 is 10.6 Å². The molecule has 0 aliphatic heterocycles. The Morgan fingerprint density at radius 3 is 2.35 bits per heavy atom. The van der Waals surface area contributed by atoms with Gasteiger partial charge in [0, 0.05) is 6.54 Å². The molecular formula is C12H22N2O3. The topological polar surface area (TPSA) is 78.4 Å². The molecule has 1 rings (SSSR count). The van der Waals surface area contributed by atoms with E-state index in [2.05, 4.69) is 10.6 Å². The first-order valence-electron chi connectivity index (χ1n) is 6.14. The summed E-state index contributed by atoms with van der Waals surface area (Å²) in [6.07, 6.45) is 0.866. The van der Waals surface area contributed by atoms with Crippen LogP contribution in [0, 0.1) is 17.3 Å². The Labute approximate surface area is 102 Å². The largest absolute Gasteiger partial charge is 0.481 e. The predicted octanol–water partition coefficient (Wildman–Crippen LogP) is 0.459. The lowest BCUT2D eigenvalue weighted by Crippen LogP contribution is -2.30. The van der Waals surface area contributed by atoms with E-state index < -0.39 is 17.3 Å². The highest BCUT2D eigenvalue weighted by atomic mass is 16.4. The van der Waals surface area contributed by atoms with Crippen LogP contribution in [0.15, 0.2) is 0 Å². The minimum atomic E-state index is -0.872. The molecule has 1 amide bonds. The monoisotopic (exact) mass is 242 g/mol. The van der Waals surface area contributed by atoms with Gasteiger partial charge in [0.15, 0.2) is 0 Å². The number of aliphatic carboxylic acids is 1. The zero-order valence-corrected chi connectivity index (χ0v) is 10.7. The van der Waals surface area contributed by atoms with E-state index in [0.29, 0.717) is 6.54 Å². The molecular weight excluding hydrogens is 220 g/mol. The smallest absolute Gasteiger partial charge is 0.307 e. The maximum Gasteiger partial charge on any atom is 0.307 e. The fraction of sp³-hybridized carbons (Fsp3) is 0.833. The van der Waals surface area contributed by atoms with Crippen LogP contribution in [0.2, 0.25) is 0 Å². The third-order valence-corrected chi connectivity index (χ3v) is 3.46. The van der Waals surface area contributed by atoms with E-state index >= 15 is 0 Å². The van der Waals surface area contributed by atoms with Gasteiger partial charge in [0.25, 0.3) is 0 Å². The van der Waals surface area contributed by atoms with Gasteiger partial charge in [-0.25, -0.2) is 0 Å². The average molecular weight is 242 g/mol. The zero-order chi connectivity index (χ0) is 13.1. The van der Waals surface area contributed by atoms with Crippen molar-refractivity contribution in [2.45, 2.75) is 27.2 Å². The SMILES string of the molecule is CCNCCCNC(=O)C1C(C(=O)O)C1(C)C. The molecule has 2 unspecified atom stereocenters. The number of amides is 1. The molecule has 0 spiro atoms. The molecule has 1 saturated carbocycles. The van der Waals surface area contributed by atoms with Crippen molar-refractivity contribution in [3.05, 3.63) is 0 Å². The molecule has 17 heavy (non-hydrogen) atoms. The van der Waals surface area contributed by atoms with Gasteiger partial charge in [-0.05, 0) is 24.9 Å². The van der Waals surface area contributed by atoms with E-state index in [1.165, 1.54) is 0 Å². The van der Waals surface area contributed by atoms with E-state index in [1.807, 2.05) is 20.8 Å². The molecule has 1 fully saturated rings. The Morgan fingerprint density at radius 1 is 1.24 bits per heavy atom. The summed E-state index contributed by atoms with van der Waals surface area (Å²) in [6, 6.07) is 0. The molecule has 1 aliphatic rings. The van der Waals surface area contributed by atoms with Gasteiger partial charge < -0.3 is 15.7 Å². The normalized spacial score (nSPS) is 25.4. The molecule has 0 heterocycles. The summed E-state index contributed by atoms with van der Waals surface area (Å²) in [4.78, 5) is 22.7. The first-order chi connectivity index (χ1) is 7.92. The number of hydrogen-bond acceptors (Lipinski definition) is 3. The number of rotatable bonds is 7. The van der Waals surface area contributed by atoms with Gasteiger partial charge in [0.1, 0.15) is 0 Å². The van der Waals surface area contributed by atoms with Crippen molar-refractivity contribution < 1.29 is 14.7 Å². The van der Waals surface area contributed by atoms with Gasteiger partial charge in [-0.3, -0.25) is 9.59 Å². The second-order valence-corrected chi connectivity index (χ2v) is 5.11. The highest BCUT2D eigenvalue weighted by molar-refractivity contribution is 5.91. The van der Waals surface area contributed by atoms with Gasteiger partial charge in [-0.1, -0.05) is 20.8 Å². The van der Waals surface area contributed by atoms with Gasteiger partial charge >= 0.3 is 5.97 Å². The van der Waals surface area contributed by atoms with Crippen LogP contribution in [-0.2, 0) is 9.59 Å². The number of nitrogens with one attached hydrogen (secondary N) is 2. The Kier molecular flexibility index (Phi) is 4.51. The van der Waals surface area contributed by atoms with Crippen molar-refractivity contribution in [3.63, 3.8) is 0 Å². The molecule has 0 bridgehead atoms. The Bertz CT molecular complexity index is 302. The molecule has 0 aromatic heterocycles. The highest BCUT2D eigenvalue weighted by Crippen LogP contribution is 2.58. The van der Waals surface area contributed by atoms with Gasteiger partial charge in [-0.15, -0.1) is 0 Å².